The van der Waals surface area contributed by atoms with Crippen molar-refractivity contribution < 1.29 is 14.0 Å². The first-order valence-corrected chi connectivity index (χ1v) is 11.1. The number of rotatable bonds is 7. The second kappa shape index (κ2) is 9.65. The van der Waals surface area contributed by atoms with Crippen molar-refractivity contribution in [1.82, 2.24) is 9.55 Å². The van der Waals surface area contributed by atoms with Gasteiger partial charge in [0.2, 0.25) is 11.8 Å². The van der Waals surface area contributed by atoms with Gasteiger partial charge in [0.15, 0.2) is 0 Å². The molecule has 0 aliphatic carbocycles. The molecule has 2 amide bonds. The van der Waals surface area contributed by atoms with E-state index in [1.54, 1.807) is 0 Å². The van der Waals surface area contributed by atoms with Crippen LogP contribution in [0.4, 0.5) is 15.8 Å². The number of nitrogens with one attached hydrogen (secondary N) is 2. The van der Waals surface area contributed by atoms with Gasteiger partial charge in [-0.1, -0.05) is 12.1 Å². The molecule has 1 heterocycles. The fraction of sp³-hybridized carbons (Fsp3) is 0.125. The molecule has 0 aliphatic rings. The van der Waals surface area contributed by atoms with E-state index < -0.39 is 0 Å². The number of benzene rings is 3. The molecule has 0 atom stereocenters. The smallest absolute Gasteiger partial charge is 0.234 e. The summed E-state index contributed by atoms with van der Waals surface area (Å²) in [6.07, 6.45) is 0. The average Bonchev–Trinajstić information content (AvgIpc) is 3.12. The number of aromatic nitrogens is 2. The third-order valence-corrected chi connectivity index (χ3v) is 5.74. The number of para-hydroxylation sites is 2. The van der Waals surface area contributed by atoms with Gasteiger partial charge >= 0.3 is 0 Å². The van der Waals surface area contributed by atoms with E-state index in [2.05, 4.69) is 15.6 Å². The Morgan fingerprint density at radius 2 is 1.44 bits per heavy atom. The number of hydrogen-bond donors (Lipinski definition) is 2. The van der Waals surface area contributed by atoms with Gasteiger partial charge in [-0.2, -0.15) is 0 Å². The monoisotopic (exact) mass is 448 g/mol. The molecule has 1 aromatic heterocycles. The van der Waals surface area contributed by atoms with Crippen molar-refractivity contribution in [2.75, 3.05) is 22.1 Å². The summed E-state index contributed by atoms with van der Waals surface area (Å²) >= 11 is 1.20. The van der Waals surface area contributed by atoms with Crippen molar-refractivity contribution >= 4 is 46.0 Å². The van der Waals surface area contributed by atoms with Crippen LogP contribution in [0.15, 0.2) is 72.8 Å². The lowest BCUT2D eigenvalue weighted by Crippen LogP contribution is -2.18. The zero-order chi connectivity index (χ0) is 22.5. The summed E-state index contributed by atoms with van der Waals surface area (Å²) in [5.74, 6) is 0.309. The molecule has 0 radical (unpaired) electrons. The van der Waals surface area contributed by atoms with Gasteiger partial charge in [0.05, 0.1) is 22.5 Å². The number of imidazole rings is 1. The highest BCUT2D eigenvalue weighted by molar-refractivity contribution is 8.00. The Hall–Kier alpha value is -3.65. The fourth-order valence-corrected chi connectivity index (χ4v) is 3.89. The molecule has 0 unspecified atom stereocenters. The molecule has 162 valence electrons. The Kier molecular flexibility index (Phi) is 6.51. The summed E-state index contributed by atoms with van der Waals surface area (Å²) in [6.45, 7) is 0. The third-order valence-electron chi connectivity index (χ3n) is 4.81. The molecule has 0 saturated heterocycles. The van der Waals surface area contributed by atoms with E-state index in [4.69, 9.17) is 0 Å². The molecule has 2 N–H and O–H groups in total. The van der Waals surface area contributed by atoms with Crippen LogP contribution in [-0.2, 0) is 16.6 Å². The molecule has 0 bridgehead atoms. The van der Waals surface area contributed by atoms with Crippen LogP contribution < -0.4 is 10.6 Å². The topological polar surface area (TPSA) is 76.0 Å². The fourth-order valence-electron chi connectivity index (χ4n) is 3.27. The molecule has 0 fully saturated rings. The van der Waals surface area contributed by atoms with Crippen LogP contribution in [-0.4, -0.2) is 32.9 Å². The Morgan fingerprint density at radius 3 is 2.03 bits per heavy atom. The zero-order valence-electron chi connectivity index (χ0n) is 17.3. The van der Waals surface area contributed by atoms with Crippen molar-refractivity contribution in [1.29, 1.82) is 0 Å². The van der Waals surface area contributed by atoms with Crippen LogP contribution in [0.3, 0.4) is 0 Å². The molecule has 4 rings (SSSR count). The van der Waals surface area contributed by atoms with Crippen LogP contribution in [0.25, 0.3) is 22.4 Å². The first-order valence-electron chi connectivity index (χ1n) is 9.94. The van der Waals surface area contributed by atoms with Crippen LogP contribution in [0, 0.1) is 5.82 Å². The van der Waals surface area contributed by atoms with Crippen molar-refractivity contribution in [3.8, 4) is 11.4 Å². The molecular weight excluding hydrogens is 427 g/mol. The third kappa shape index (κ3) is 5.15. The predicted molar refractivity (Wildman–Crippen MR) is 127 cm³/mol. The summed E-state index contributed by atoms with van der Waals surface area (Å²) in [5, 5.41) is 5.49. The number of carbonyl (C=O) groups excluding carboxylic acids is 2. The number of fused-ring (bicyclic) bond motifs is 1. The summed E-state index contributed by atoms with van der Waals surface area (Å²) in [5.41, 5.74) is 4.13. The minimum atomic E-state index is -0.365. The number of carbonyl (C=O) groups is 2. The number of hydrogen-bond acceptors (Lipinski definition) is 4. The highest BCUT2D eigenvalue weighted by Crippen LogP contribution is 2.24. The quantitative estimate of drug-likeness (QED) is 0.430. The van der Waals surface area contributed by atoms with Gasteiger partial charge in [0.1, 0.15) is 11.6 Å². The van der Waals surface area contributed by atoms with Crippen LogP contribution >= 0.6 is 11.8 Å². The van der Waals surface area contributed by atoms with Crippen LogP contribution in [0.2, 0.25) is 0 Å². The second-order valence-corrected chi connectivity index (χ2v) is 8.14. The van der Waals surface area contributed by atoms with E-state index >= 15 is 0 Å². The first-order chi connectivity index (χ1) is 15.5. The lowest BCUT2D eigenvalue weighted by molar-refractivity contribution is -0.114. The molecular formula is C24H21FN4O2S. The van der Waals surface area contributed by atoms with Crippen LogP contribution in [0.5, 0.6) is 0 Å². The van der Waals surface area contributed by atoms with Gasteiger partial charge < -0.3 is 15.2 Å². The molecule has 4 aromatic rings. The van der Waals surface area contributed by atoms with E-state index in [0.29, 0.717) is 11.4 Å². The maximum Gasteiger partial charge on any atom is 0.234 e. The van der Waals surface area contributed by atoms with E-state index in [9.17, 15) is 14.0 Å². The molecule has 0 aliphatic heterocycles. The van der Waals surface area contributed by atoms with E-state index in [0.717, 1.165) is 22.4 Å². The van der Waals surface area contributed by atoms with Gasteiger partial charge in [-0.05, 0) is 60.7 Å². The summed E-state index contributed by atoms with van der Waals surface area (Å²) < 4.78 is 14.9. The Morgan fingerprint density at radius 1 is 0.875 bits per heavy atom. The maximum absolute atomic E-state index is 12.9. The van der Waals surface area contributed by atoms with Gasteiger partial charge in [0.25, 0.3) is 0 Å². The lowest BCUT2D eigenvalue weighted by Gasteiger charge is -2.08. The number of thioether (sulfide) groups is 1. The number of amides is 2. The second-order valence-electron chi connectivity index (χ2n) is 7.16. The largest absolute Gasteiger partial charge is 0.327 e. The number of anilines is 2. The summed E-state index contributed by atoms with van der Waals surface area (Å²) in [7, 11) is 1.98. The molecule has 0 saturated carbocycles. The molecule has 0 spiro atoms. The highest BCUT2D eigenvalue weighted by Gasteiger charge is 2.10. The van der Waals surface area contributed by atoms with Crippen molar-refractivity contribution in [2.45, 2.75) is 0 Å². The van der Waals surface area contributed by atoms with Crippen LogP contribution in [0.1, 0.15) is 0 Å². The lowest BCUT2D eigenvalue weighted by atomic mass is 10.2. The van der Waals surface area contributed by atoms with E-state index in [1.807, 2.05) is 60.1 Å². The van der Waals surface area contributed by atoms with Crippen molar-refractivity contribution in [3.05, 3.63) is 78.6 Å². The average molecular weight is 449 g/mol. The standard InChI is InChI=1S/C24H21FN4O2S/c1-29-21-5-3-2-4-20(21)28-24(29)16-6-10-18(11-7-16)26-22(30)14-32-15-23(31)27-19-12-8-17(25)9-13-19/h2-13H,14-15H2,1H3,(H,26,30)(H,27,31). The highest BCUT2D eigenvalue weighted by atomic mass is 32.2. The van der Waals surface area contributed by atoms with Crippen molar-refractivity contribution in [3.63, 3.8) is 0 Å². The maximum atomic E-state index is 12.9. The SMILES string of the molecule is Cn1c(-c2ccc(NC(=O)CSCC(=O)Nc3ccc(F)cc3)cc2)nc2ccccc21. The minimum absolute atomic E-state index is 0.121. The predicted octanol–water partition coefficient (Wildman–Crippen LogP) is 4.69. The van der Waals surface area contributed by atoms with Gasteiger partial charge in [0, 0.05) is 24.0 Å². The molecule has 3 aromatic carbocycles. The molecule has 32 heavy (non-hydrogen) atoms. The van der Waals surface area contributed by atoms with Crippen molar-refractivity contribution in [2.24, 2.45) is 7.05 Å². The molecule has 8 heteroatoms. The normalized spacial score (nSPS) is 10.8. The van der Waals surface area contributed by atoms with Gasteiger partial charge in [-0.15, -0.1) is 11.8 Å². The summed E-state index contributed by atoms with van der Waals surface area (Å²) in [4.78, 5) is 28.8. The minimum Gasteiger partial charge on any atom is -0.327 e. The van der Waals surface area contributed by atoms with E-state index in [-0.39, 0.29) is 29.1 Å². The first kappa shape index (κ1) is 21.6. The Labute approximate surface area is 188 Å². The molecule has 6 nitrogen and oxygen atoms in total. The number of aryl methyl sites for hydroxylation is 1. The number of nitrogens with zero attached hydrogens (tertiary/aromatic N) is 2. The van der Waals surface area contributed by atoms with Gasteiger partial charge in [-0.25, -0.2) is 9.37 Å². The summed E-state index contributed by atoms with van der Waals surface area (Å²) in [6, 6.07) is 21.0. The Balaban J connectivity index is 1.27. The van der Waals surface area contributed by atoms with E-state index in [1.165, 1.54) is 36.0 Å². The zero-order valence-corrected chi connectivity index (χ0v) is 18.2. The van der Waals surface area contributed by atoms with Gasteiger partial charge in [-0.3, -0.25) is 9.59 Å². The Bertz CT molecular complexity index is 1250. The number of halogens is 1.